The van der Waals surface area contributed by atoms with Gasteiger partial charge in [-0.15, -0.1) is 4.40 Å². The van der Waals surface area contributed by atoms with Crippen LogP contribution in [-0.2, 0) is 19.6 Å². The minimum absolute atomic E-state index is 0.112. The smallest absolute Gasteiger partial charge is 0.285 e. The van der Waals surface area contributed by atoms with Gasteiger partial charge in [-0.3, -0.25) is 9.59 Å². The van der Waals surface area contributed by atoms with Gasteiger partial charge in [0.1, 0.15) is 10.6 Å². The lowest BCUT2D eigenvalue weighted by molar-refractivity contribution is -0.128. The second kappa shape index (κ2) is 8.18. The van der Waals surface area contributed by atoms with Gasteiger partial charge in [0.05, 0.1) is 18.2 Å². The summed E-state index contributed by atoms with van der Waals surface area (Å²) in [6.07, 6.45) is 0.591. The van der Waals surface area contributed by atoms with Crippen molar-refractivity contribution in [3.8, 4) is 5.75 Å². The van der Waals surface area contributed by atoms with E-state index in [0.29, 0.717) is 42.3 Å². The third-order valence-corrected chi connectivity index (χ3v) is 7.59. The molecule has 3 aliphatic rings. The molecule has 0 radical (unpaired) electrons. The van der Waals surface area contributed by atoms with Gasteiger partial charge in [-0.1, -0.05) is 24.3 Å². The molecule has 33 heavy (non-hydrogen) atoms. The lowest BCUT2D eigenvalue weighted by Crippen LogP contribution is -2.53. The number of hydrogen-bond acceptors (Lipinski definition) is 6. The van der Waals surface area contributed by atoms with Crippen LogP contribution in [0.1, 0.15) is 18.4 Å². The molecule has 0 aliphatic carbocycles. The quantitative estimate of drug-likeness (QED) is 0.714. The molecule has 2 atom stereocenters. The van der Waals surface area contributed by atoms with E-state index in [1.54, 1.807) is 47.4 Å². The number of rotatable bonds is 2. The maximum atomic E-state index is 13.7. The molecule has 0 aromatic heterocycles. The number of carbonyl (C=O) groups excluding carboxylic acids is 2. The Balaban J connectivity index is 1.41. The zero-order valence-corrected chi connectivity index (χ0v) is 18.9. The average Bonchev–Trinajstić information content (AvgIpc) is 3.13. The number of ether oxygens (including phenoxy) is 1. The number of nitrogens with zero attached hydrogens (tertiary/aromatic N) is 3. The Morgan fingerprint density at radius 2 is 1.85 bits per heavy atom. The van der Waals surface area contributed by atoms with Crippen molar-refractivity contribution in [3.63, 3.8) is 0 Å². The van der Waals surface area contributed by atoms with Crippen LogP contribution in [0.5, 0.6) is 5.75 Å². The first-order chi connectivity index (χ1) is 15.9. The molecule has 0 spiro atoms. The molecule has 1 saturated heterocycles. The topological polar surface area (TPSA) is 108 Å². The van der Waals surface area contributed by atoms with E-state index in [4.69, 9.17) is 4.74 Å². The summed E-state index contributed by atoms with van der Waals surface area (Å²) in [6.45, 7) is 1.09. The van der Waals surface area contributed by atoms with E-state index < -0.39 is 16.1 Å². The van der Waals surface area contributed by atoms with Crippen molar-refractivity contribution in [2.75, 3.05) is 31.6 Å². The number of amidine groups is 1. The highest BCUT2D eigenvalue weighted by atomic mass is 32.2. The van der Waals surface area contributed by atoms with Gasteiger partial charge >= 0.3 is 0 Å². The number of fused-ring (bicyclic) bond motifs is 2. The van der Waals surface area contributed by atoms with E-state index >= 15 is 0 Å². The lowest BCUT2D eigenvalue weighted by atomic mass is 9.95. The summed E-state index contributed by atoms with van der Waals surface area (Å²) in [4.78, 5) is 29.6. The van der Waals surface area contributed by atoms with Crippen LogP contribution < -0.4 is 15.0 Å². The first-order valence-corrected chi connectivity index (χ1v) is 12.3. The normalized spacial score (nSPS) is 23.1. The molecular weight excluding hydrogens is 444 g/mol. The number of likely N-dealkylation sites (tertiary alicyclic amines) is 1. The number of amides is 2. The molecule has 1 fully saturated rings. The predicted octanol–water partition coefficient (Wildman–Crippen LogP) is 1.39. The van der Waals surface area contributed by atoms with Crippen LogP contribution in [0.3, 0.4) is 0 Å². The SMILES string of the molecule is CNC(=O)[C@@H]1CN(C(=O)[C@H]2CCCN(C3=NS(=O)(=O)c4ccccc43)C2)c2ccccc2O1. The molecule has 10 heteroatoms. The van der Waals surface area contributed by atoms with E-state index in [9.17, 15) is 18.0 Å². The summed E-state index contributed by atoms with van der Waals surface area (Å²) in [5.74, 6) is 0.106. The maximum Gasteiger partial charge on any atom is 0.285 e. The fraction of sp³-hybridized carbons (Fsp3) is 0.348. The highest BCUT2D eigenvalue weighted by molar-refractivity contribution is 7.90. The first-order valence-electron chi connectivity index (χ1n) is 10.9. The molecule has 0 saturated carbocycles. The largest absolute Gasteiger partial charge is 0.477 e. The van der Waals surface area contributed by atoms with Gasteiger partial charge in [-0.2, -0.15) is 8.42 Å². The molecule has 172 valence electrons. The Kier molecular flexibility index (Phi) is 5.32. The van der Waals surface area contributed by atoms with Crippen molar-refractivity contribution in [1.82, 2.24) is 10.2 Å². The van der Waals surface area contributed by atoms with E-state index in [1.165, 1.54) is 7.05 Å². The zero-order valence-electron chi connectivity index (χ0n) is 18.1. The number of hydrogen-bond donors (Lipinski definition) is 1. The molecule has 0 unspecified atom stereocenters. The number of benzene rings is 2. The molecule has 0 bridgehead atoms. The minimum Gasteiger partial charge on any atom is -0.477 e. The molecule has 2 aromatic rings. The third-order valence-electron chi connectivity index (χ3n) is 6.26. The first kappa shape index (κ1) is 21.4. The van der Waals surface area contributed by atoms with Gasteiger partial charge in [-0.25, -0.2) is 0 Å². The summed E-state index contributed by atoms with van der Waals surface area (Å²) >= 11 is 0. The van der Waals surface area contributed by atoms with Crippen molar-refractivity contribution in [2.24, 2.45) is 10.3 Å². The van der Waals surface area contributed by atoms with Crippen LogP contribution in [0.2, 0.25) is 0 Å². The number of anilines is 1. The Labute approximate surface area is 192 Å². The molecule has 3 aliphatic heterocycles. The molecule has 3 heterocycles. The predicted molar refractivity (Wildman–Crippen MR) is 122 cm³/mol. The Bertz CT molecular complexity index is 1260. The molecular formula is C23H24N4O5S. The Morgan fingerprint density at radius 3 is 2.67 bits per heavy atom. The van der Waals surface area contributed by atoms with Gasteiger partial charge in [0.2, 0.25) is 5.91 Å². The molecule has 2 amide bonds. The Hall–Kier alpha value is -3.40. The van der Waals surface area contributed by atoms with Crippen LogP contribution >= 0.6 is 0 Å². The van der Waals surface area contributed by atoms with Crippen LogP contribution in [0.15, 0.2) is 57.8 Å². The summed E-state index contributed by atoms with van der Waals surface area (Å²) in [5.41, 5.74) is 1.20. The van der Waals surface area contributed by atoms with Gasteiger partial charge in [0.25, 0.3) is 15.9 Å². The third kappa shape index (κ3) is 3.74. The molecule has 9 nitrogen and oxygen atoms in total. The number of para-hydroxylation sites is 2. The van der Waals surface area contributed by atoms with Gasteiger partial charge in [0, 0.05) is 25.7 Å². The summed E-state index contributed by atoms with van der Waals surface area (Å²) in [5, 5.41) is 2.58. The standard InChI is InChI=1S/C23H24N4O5S/c1-24-22(28)19-14-27(17-9-3-4-10-18(17)32-19)23(29)15-7-6-12-26(13-15)21-16-8-2-5-11-20(16)33(30,31)25-21/h2-5,8-11,15,19H,6-7,12-14H2,1H3,(H,24,28)/t15-,19-/m0/s1. The molecule has 2 aromatic carbocycles. The summed E-state index contributed by atoms with van der Waals surface area (Å²) in [7, 11) is -2.20. The van der Waals surface area contributed by atoms with Crippen LogP contribution in [0.4, 0.5) is 5.69 Å². The fourth-order valence-corrected chi connectivity index (χ4v) is 5.88. The second-order valence-electron chi connectivity index (χ2n) is 8.31. The van der Waals surface area contributed by atoms with Crippen LogP contribution in [0.25, 0.3) is 0 Å². The second-order valence-corrected chi connectivity index (χ2v) is 9.88. The van der Waals surface area contributed by atoms with Crippen molar-refractivity contribution in [2.45, 2.75) is 23.8 Å². The van der Waals surface area contributed by atoms with E-state index in [2.05, 4.69) is 9.71 Å². The lowest BCUT2D eigenvalue weighted by Gasteiger charge is -2.39. The zero-order chi connectivity index (χ0) is 23.2. The number of sulfonamides is 1. The van der Waals surface area contributed by atoms with Crippen molar-refractivity contribution < 1.29 is 22.7 Å². The van der Waals surface area contributed by atoms with E-state index in [0.717, 1.165) is 6.42 Å². The van der Waals surface area contributed by atoms with Crippen LogP contribution in [0, 0.1) is 5.92 Å². The van der Waals surface area contributed by atoms with Crippen molar-refractivity contribution >= 4 is 33.4 Å². The number of nitrogens with one attached hydrogen (secondary N) is 1. The van der Waals surface area contributed by atoms with Crippen molar-refractivity contribution in [3.05, 3.63) is 54.1 Å². The summed E-state index contributed by atoms with van der Waals surface area (Å²) < 4.78 is 34.8. The summed E-state index contributed by atoms with van der Waals surface area (Å²) in [6, 6.07) is 13.9. The van der Waals surface area contributed by atoms with Gasteiger partial charge < -0.3 is 19.9 Å². The van der Waals surface area contributed by atoms with E-state index in [1.807, 2.05) is 11.0 Å². The molecule has 5 rings (SSSR count). The monoisotopic (exact) mass is 468 g/mol. The maximum absolute atomic E-state index is 13.7. The Morgan fingerprint density at radius 1 is 1.09 bits per heavy atom. The van der Waals surface area contributed by atoms with Crippen LogP contribution in [-0.4, -0.2) is 63.8 Å². The van der Waals surface area contributed by atoms with Gasteiger partial charge in [0.15, 0.2) is 11.9 Å². The highest BCUT2D eigenvalue weighted by Crippen LogP contribution is 2.36. The fourth-order valence-electron chi connectivity index (χ4n) is 4.65. The highest BCUT2D eigenvalue weighted by Gasteiger charge is 2.39. The molecule has 1 N–H and O–H groups in total. The average molecular weight is 469 g/mol. The number of carbonyl (C=O) groups is 2. The van der Waals surface area contributed by atoms with E-state index in [-0.39, 0.29) is 29.2 Å². The van der Waals surface area contributed by atoms with Gasteiger partial charge in [-0.05, 0) is 37.1 Å². The minimum atomic E-state index is -3.73. The van der Waals surface area contributed by atoms with Crippen molar-refractivity contribution in [1.29, 1.82) is 0 Å². The number of likely N-dealkylation sites (N-methyl/N-ethyl adjacent to an activating group) is 1. The number of piperidine rings is 1.